The van der Waals surface area contributed by atoms with Crippen LogP contribution in [0.2, 0.25) is 0 Å². The van der Waals surface area contributed by atoms with E-state index in [0.29, 0.717) is 11.4 Å². The molecule has 0 fully saturated rings. The van der Waals surface area contributed by atoms with E-state index in [9.17, 15) is 4.39 Å². The summed E-state index contributed by atoms with van der Waals surface area (Å²) in [5.74, 6) is 0.0144. The van der Waals surface area contributed by atoms with Gasteiger partial charge in [0, 0.05) is 5.56 Å². The molecule has 0 aliphatic carbocycles. The molecule has 0 amide bonds. The largest absolute Gasteiger partial charge is 0.421 e. The lowest BCUT2D eigenvalue weighted by Gasteiger charge is -2.03. The molecule has 0 bridgehead atoms. The summed E-state index contributed by atoms with van der Waals surface area (Å²) < 4.78 is 24.7. The molecule has 118 valence electrons. The highest BCUT2D eigenvalue weighted by Gasteiger charge is 2.13. The predicted octanol–water partition coefficient (Wildman–Crippen LogP) is 4.52. The summed E-state index contributed by atoms with van der Waals surface area (Å²) in [7, 11) is 0. The molecule has 0 radical (unpaired) electrons. The van der Waals surface area contributed by atoms with Crippen molar-refractivity contribution in [3.05, 3.63) is 66.1 Å². The molecular formula is C18H12FN3O2. The first-order valence-electron chi connectivity index (χ1n) is 7.32. The van der Waals surface area contributed by atoms with Crippen molar-refractivity contribution >= 4 is 11.2 Å². The highest BCUT2D eigenvalue weighted by molar-refractivity contribution is 5.72. The lowest BCUT2D eigenvalue weighted by Crippen LogP contribution is -1.93. The smallest absolute Gasteiger partial charge is 0.325 e. The number of aromatic nitrogens is 3. The molecule has 6 heteroatoms. The number of rotatable bonds is 3. The molecule has 0 atom stereocenters. The Hall–Kier alpha value is -3.28. The van der Waals surface area contributed by atoms with Gasteiger partial charge in [-0.05, 0) is 31.2 Å². The number of halogens is 1. The van der Waals surface area contributed by atoms with Crippen molar-refractivity contribution in [2.75, 3.05) is 0 Å². The monoisotopic (exact) mass is 321 g/mol. The Morgan fingerprint density at radius 3 is 2.75 bits per heavy atom. The van der Waals surface area contributed by atoms with Crippen LogP contribution in [0, 0.1) is 12.7 Å². The van der Waals surface area contributed by atoms with Crippen LogP contribution in [0.3, 0.4) is 0 Å². The van der Waals surface area contributed by atoms with Crippen LogP contribution in [-0.2, 0) is 0 Å². The van der Waals surface area contributed by atoms with Gasteiger partial charge in [0.15, 0.2) is 11.6 Å². The highest BCUT2D eigenvalue weighted by Crippen LogP contribution is 2.26. The molecule has 2 aromatic carbocycles. The van der Waals surface area contributed by atoms with Gasteiger partial charge in [-0.2, -0.15) is 4.98 Å². The molecule has 0 aliphatic heterocycles. The van der Waals surface area contributed by atoms with E-state index in [4.69, 9.17) is 9.15 Å². The van der Waals surface area contributed by atoms with Gasteiger partial charge < -0.3 is 9.15 Å². The van der Waals surface area contributed by atoms with Gasteiger partial charge in [0.25, 0.3) is 5.71 Å². The van der Waals surface area contributed by atoms with Crippen LogP contribution >= 0.6 is 0 Å². The van der Waals surface area contributed by atoms with Crippen molar-refractivity contribution in [3.8, 4) is 23.2 Å². The zero-order valence-electron chi connectivity index (χ0n) is 12.7. The van der Waals surface area contributed by atoms with Crippen LogP contribution in [-0.4, -0.2) is 15.0 Å². The molecule has 0 unspecified atom stereocenters. The standard InChI is InChI=1S/C18H12FN3O2/c1-11-5-4-6-12(9-11)16-21-14-10-20-18(22-17(14)24-16)23-15-8-3-2-7-13(15)19/h2-10H,1H3. The lowest BCUT2D eigenvalue weighted by atomic mass is 10.1. The van der Waals surface area contributed by atoms with Gasteiger partial charge in [0.2, 0.25) is 5.89 Å². The van der Waals surface area contributed by atoms with Gasteiger partial charge in [0.05, 0.1) is 6.20 Å². The van der Waals surface area contributed by atoms with Crippen LogP contribution in [0.1, 0.15) is 5.56 Å². The van der Waals surface area contributed by atoms with Crippen LogP contribution in [0.4, 0.5) is 4.39 Å². The zero-order chi connectivity index (χ0) is 16.5. The van der Waals surface area contributed by atoms with E-state index < -0.39 is 5.82 Å². The first-order chi connectivity index (χ1) is 11.7. The third-order valence-electron chi connectivity index (χ3n) is 3.43. The highest BCUT2D eigenvalue weighted by atomic mass is 19.1. The van der Waals surface area contributed by atoms with Crippen molar-refractivity contribution < 1.29 is 13.5 Å². The van der Waals surface area contributed by atoms with Crippen LogP contribution in [0.25, 0.3) is 22.7 Å². The van der Waals surface area contributed by atoms with Gasteiger partial charge in [-0.15, -0.1) is 0 Å². The van der Waals surface area contributed by atoms with E-state index in [0.717, 1.165) is 11.1 Å². The Kier molecular flexibility index (Phi) is 3.42. The third kappa shape index (κ3) is 2.69. The van der Waals surface area contributed by atoms with Crippen LogP contribution in [0.15, 0.2) is 59.1 Å². The quantitative estimate of drug-likeness (QED) is 0.555. The molecule has 2 heterocycles. The number of oxazole rings is 1. The Morgan fingerprint density at radius 1 is 1.04 bits per heavy atom. The number of para-hydroxylation sites is 1. The van der Waals surface area contributed by atoms with E-state index in [1.807, 2.05) is 31.2 Å². The number of benzene rings is 2. The fraction of sp³-hybridized carbons (Fsp3) is 0.0556. The van der Waals surface area contributed by atoms with Gasteiger partial charge in [-0.3, -0.25) is 0 Å². The summed E-state index contributed by atoms with van der Waals surface area (Å²) in [5.41, 5.74) is 2.74. The molecular weight excluding hydrogens is 309 g/mol. The van der Waals surface area contributed by atoms with Gasteiger partial charge in [-0.25, -0.2) is 14.4 Å². The number of hydrogen-bond donors (Lipinski definition) is 0. The number of aryl methyl sites for hydroxylation is 1. The third-order valence-corrected chi connectivity index (χ3v) is 3.43. The van der Waals surface area contributed by atoms with E-state index >= 15 is 0 Å². The number of nitrogens with zero attached hydrogens (tertiary/aromatic N) is 3. The Bertz CT molecular complexity index is 1030. The minimum Gasteiger partial charge on any atom is -0.421 e. The van der Waals surface area contributed by atoms with Crippen LogP contribution < -0.4 is 4.74 Å². The summed E-state index contributed by atoms with van der Waals surface area (Å²) in [6, 6.07) is 13.8. The molecule has 5 nitrogen and oxygen atoms in total. The lowest BCUT2D eigenvalue weighted by molar-refractivity contribution is 0.410. The molecule has 2 aromatic heterocycles. The average Bonchev–Trinajstić information content (AvgIpc) is 3.00. The molecule has 24 heavy (non-hydrogen) atoms. The normalized spacial score (nSPS) is 10.9. The van der Waals surface area contributed by atoms with Crippen molar-refractivity contribution in [3.63, 3.8) is 0 Å². The average molecular weight is 321 g/mol. The second-order valence-corrected chi connectivity index (χ2v) is 5.26. The summed E-state index contributed by atoms with van der Waals surface area (Å²) in [6.07, 6.45) is 1.49. The minimum atomic E-state index is -0.487. The zero-order valence-corrected chi connectivity index (χ0v) is 12.7. The second kappa shape index (κ2) is 5.73. The maximum Gasteiger partial charge on any atom is 0.325 e. The van der Waals surface area contributed by atoms with Crippen molar-refractivity contribution in [2.45, 2.75) is 6.92 Å². The maximum atomic E-state index is 13.6. The molecule has 0 saturated carbocycles. The van der Waals surface area contributed by atoms with E-state index in [-0.39, 0.29) is 17.5 Å². The van der Waals surface area contributed by atoms with Crippen molar-refractivity contribution in [1.82, 2.24) is 15.0 Å². The number of hydrogen-bond acceptors (Lipinski definition) is 5. The van der Waals surface area contributed by atoms with Crippen molar-refractivity contribution in [1.29, 1.82) is 0 Å². The van der Waals surface area contributed by atoms with Gasteiger partial charge in [0.1, 0.15) is 5.52 Å². The minimum absolute atomic E-state index is 0.000424. The number of ether oxygens (including phenoxy) is 1. The fourth-order valence-electron chi connectivity index (χ4n) is 2.30. The topological polar surface area (TPSA) is 61.0 Å². The Morgan fingerprint density at radius 2 is 1.92 bits per heavy atom. The second-order valence-electron chi connectivity index (χ2n) is 5.26. The van der Waals surface area contributed by atoms with Gasteiger partial charge >= 0.3 is 6.01 Å². The summed E-state index contributed by atoms with van der Waals surface area (Å²) >= 11 is 0. The molecule has 0 spiro atoms. The first kappa shape index (κ1) is 14.3. The number of fused-ring (bicyclic) bond motifs is 1. The Labute approximate surface area is 136 Å². The maximum absolute atomic E-state index is 13.6. The molecule has 0 N–H and O–H groups in total. The molecule has 0 aliphatic rings. The van der Waals surface area contributed by atoms with Crippen LogP contribution in [0.5, 0.6) is 11.8 Å². The molecule has 4 aromatic rings. The molecule has 4 rings (SSSR count). The summed E-state index contributed by atoms with van der Waals surface area (Å²) in [6.45, 7) is 1.99. The Balaban J connectivity index is 1.70. The van der Waals surface area contributed by atoms with Crippen molar-refractivity contribution in [2.24, 2.45) is 0 Å². The fourth-order valence-corrected chi connectivity index (χ4v) is 2.30. The van der Waals surface area contributed by atoms with E-state index in [1.54, 1.807) is 12.1 Å². The van der Waals surface area contributed by atoms with Gasteiger partial charge in [-0.1, -0.05) is 29.8 Å². The summed E-state index contributed by atoms with van der Waals surface area (Å²) in [4.78, 5) is 12.6. The molecule has 0 saturated heterocycles. The first-order valence-corrected chi connectivity index (χ1v) is 7.32. The van der Waals surface area contributed by atoms with E-state index in [2.05, 4.69) is 15.0 Å². The van der Waals surface area contributed by atoms with E-state index in [1.165, 1.54) is 18.3 Å². The summed E-state index contributed by atoms with van der Waals surface area (Å²) in [5, 5.41) is 0. The SMILES string of the molecule is Cc1cccc(-c2nc3cnc(Oc4ccccc4F)nc3o2)c1. The predicted molar refractivity (Wildman–Crippen MR) is 86.2 cm³/mol.